The number of methoxy groups -OCH3 is 1. The van der Waals surface area contributed by atoms with Crippen molar-refractivity contribution in [1.82, 2.24) is 9.97 Å². The lowest BCUT2D eigenvalue weighted by atomic mass is 10.2. The Kier molecular flexibility index (Phi) is 4.81. The molecular weight excluding hydrogens is 268 g/mol. The van der Waals surface area contributed by atoms with E-state index in [0.717, 1.165) is 11.3 Å². The standard InChI is InChI=1S/C15H20N4O2/c1-10(2)21-15-13(16)14(18-9-19-15)17-8-11-4-6-12(20-3)7-5-11/h4-7,9-10H,8,16H2,1-3H3,(H,17,18,19). The number of rotatable bonds is 6. The van der Waals surface area contributed by atoms with E-state index < -0.39 is 0 Å². The zero-order valence-corrected chi connectivity index (χ0v) is 12.5. The summed E-state index contributed by atoms with van der Waals surface area (Å²) in [6.07, 6.45) is 1.45. The molecule has 0 amide bonds. The Labute approximate surface area is 124 Å². The number of anilines is 2. The van der Waals surface area contributed by atoms with E-state index in [1.165, 1.54) is 6.33 Å². The van der Waals surface area contributed by atoms with Crippen molar-refractivity contribution in [3.63, 3.8) is 0 Å². The van der Waals surface area contributed by atoms with Crippen LogP contribution in [0.4, 0.5) is 11.5 Å². The molecule has 0 bridgehead atoms. The molecular formula is C15H20N4O2. The van der Waals surface area contributed by atoms with E-state index in [0.29, 0.717) is 23.9 Å². The van der Waals surface area contributed by atoms with Gasteiger partial charge in [-0.3, -0.25) is 0 Å². The topological polar surface area (TPSA) is 82.3 Å². The number of nitrogen functional groups attached to an aromatic ring is 1. The summed E-state index contributed by atoms with van der Waals surface area (Å²) in [7, 11) is 1.64. The second kappa shape index (κ2) is 6.78. The van der Waals surface area contributed by atoms with Crippen LogP contribution in [0.25, 0.3) is 0 Å². The maximum atomic E-state index is 6.01. The van der Waals surface area contributed by atoms with Crippen LogP contribution in [0.5, 0.6) is 11.6 Å². The van der Waals surface area contributed by atoms with Crippen LogP contribution in [-0.4, -0.2) is 23.2 Å². The van der Waals surface area contributed by atoms with Gasteiger partial charge in [0.2, 0.25) is 5.88 Å². The van der Waals surface area contributed by atoms with Crippen molar-refractivity contribution in [2.45, 2.75) is 26.5 Å². The molecule has 0 saturated carbocycles. The van der Waals surface area contributed by atoms with Crippen molar-refractivity contribution in [3.8, 4) is 11.6 Å². The zero-order chi connectivity index (χ0) is 15.2. The summed E-state index contributed by atoms with van der Waals surface area (Å²) in [5.74, 6) is 1.79. The van der Waals surface area contributed by atoms with Crippen molar-refractivity contribution in [2.24, 2.45) is 0 Å². The molecule has 2 rings (SSSR count). The molecule has 0 spiro atoms. The molecule has 0 fully saturated rings. The van der Waals surface area contributed by atoms with E-state index in [9.17, 15) is 0 Å². The lowest BCUT2D eigenvalue weighted by molar-refractivity contribution is 0.234. The van der Waals surface area contributed by atoms with Crippen molar-refractivity contribution in [2.75, 3.05) is 18.2 Å². The van der Waals surface area contributed by atoms with Crippen molar-refractivity contribution >= 4 is 11.5 Å². The van der Waals surface area contributed by atoms with E-state index in [1.54, 1.807) is 7.11 Å². The first-order valence-electron chi connectivity index (χ1n) is 6.74. The van der Waals surface area contributed by atoms with Gasteiger partial charge >= 0.3 is 0 Å². The van der Waals surface area contributed by atoms with Gasteiger partial charge in [0.1, 0.15) is 17.8 Å². The first-order valence-corrected chi connectivity index (χ1v) is 6.74. The second-order valence-corrected chi connectivity index (χ2v) is 4.81. The Balaban J connectivity index is 2.05. The third-order valence-corrected chi connectivity index (χ3v) is 2.81. The quantitative estimate of drug-likeness (QED) is 0.849. The molecule has 6 heteroatoms. The predicted octanol–water partition coefficient (Wildman–Crippen LogP) is 2.47. The van der Waals surface area contributed by atoms with Crippen molar-refractivity contribution in [1.29, 1.82) is 0 Å². The van der Waals surface area contributed by atoms with Crippen molar-refractivity contribution < 1.29 is 9.47 Å². The first kappa shape index (κ1) is 14.9. The van der Waals surface area contributed by atoms with E-state index in [-0.39, 0.29) is 6.10 Å². The highest BCUT2D eigenvalue weighted by atomic mass is 16.5. The van der Waals surface area contributed by atoms with Crippen LogP contribution in [0.15, 0.2) is 30.6 Å². The average molecular weight is 288 g/mol. The summed E-state index contributed by atoms with van der Waals surface area (Å²) in [4.78, 5) is 8.18. The molecule has 0 saturated heterocycles. The molecule has 0 radical (unpaired) electrons. The Morgan fingerprint density at radius 2 is 1.90 bits per heavy atom. The normalized spacial score (nSPS) is 10.5. The molecule has 3 N–H and O–H groups in total. The predicted molar refractivity (Wildman–Crippen MR) is 82.5 cm³/mol. The molecule has 6 nitrogen and oxygen atoms in total. The van der Waals surface area contributed by atoms with E-state index >= 15 is 0 Å². The lowest BCUT2D eigenvalue weighted by Gasteiger charge is -2.13. The van der Waals surface area contributed by atoms with Gasteiger partial charge in [-0.2, -0.15) is 4.98 Å². The number of hydrogen-bond donors (Lipinski definition) is 2. The third kappa shape index (κ3) is 3.98. The van der Waals surface area contributed by atoms with Gasteiger partial charge in [-0.25, -0.2) is 4.98 Å². The molecule has 0 unspecified atom stereocenters. The second-order valence-electron chi connectivity index (χ2n) is 4.81. The SMILES string of the molecule is COc1ccc(CNc2ncnc(OC(C)C)c2N)cc1. The van der Waals surface area contributed by atoms with E-state index in [1.807, 2.05) is 38.1 Å². The Bertz CT molecular complexity index is 585. The van der Waals surface area contributed by atoms with Gasteiger partial charge in [0, 0.05) is 6.54 Å². The van der Waals surface area contributed by atoms with E-state index in [4.69, 9.17) is 15.2 Å². The van der Waals surface area contributed by atoms with Crippen LogP contribution in [-0.2, 0) is 6.54 Å². The number of nitrogens with two attached hydrogens (primary N) is 1. The molecule has 0 atom stereocenters. The van der Waals surface area contributed by atoms with Crippen LogP contribution in [0.2, 0.25) is 0 Å². The maximum Gasteiger partial charge on any atom is 0.242 e. The zero-order valence-electron chi connectivity index (χ0n) is 12.5. The largest absolute Gasteiger partial charge is 0.497 e. The lowest BCUT2D eigenvalue weighted by Crippen LogP contribution is -2.12. The molecule has 0 aliphatic carbocycles. The van der Waals surface area contributed by atoms with Gasteiger partial charge in [0.05, 0.1) is 13.2 Å². The monoisotopic (exact) mass is 288 g/mol. The fourth-order valence-corrected chi connectivity index (χ4v) is 1.77. The molecule has 112 valence electrons. The third-order valence-electron chi connectivity index (χ3n) is 2.81. The summed E-state index contributed by atoms with van der Waals surface area (Å²) in [6, 6.07) is 7.78. The minimum absolute atomic E-state index is 0.0108. The smallest absolute Gasteiger partial charge is 0.242 e. The fourth-order valence-electron chi connectivity index (χ4n) is 1.77. The number of ether oxygens (including phenoxy) is 2. The number of benzene rings is 1. The van der Waals surface area contributed by atoms with Crippen LogP contribution < -0.4 is 20.5 Å². The molecule has 0 aliphatic rings. The highest BCUT2D eigenvalue weighted by Gasteiger charge is 2.10. The fraction of sp³-hybridized carbons (Fsp3) is 0.333. The van der Waals surface area contributed by atoms with Crippen LogP contribution in [0.1, 0.15) is 19.4 Å². The number of nitrogens with zero attached hydrogens (tertiary/aromatic N) is 2. The number of nitrogens with one attached hydrogen (secondary N) is 1. The molecule has 1 aromatic heterocycles. The molecule has 21 heavy (non-hydrogen) atoms. The van der Waals surface area contributed by atoms with Gasteiger partial charge in [-0.15, -0.1) is 0 Å². The highest BCUT2D eigenvalue weighted by molar-refractivity contribution is 5.66. The van der Waals surface area contributed by atoms with E-state index in [2.05, 4.69) is 15.3 Å². The number of hydrogen-bond acceptors (Lipinski definition) is 6. The van der Waals surface area contributed by atoms with Gasteiger partial charge in [-0.1, -0.05) is 12.1 Å². The molecule has 0 aliphatic heterocycles. The maximum absolute atomic E-state index is 6.01. The summed E-state index contributed by atoms with van der Waals surface area (Å²) >= 11 is 0. The number of aromatic nitrogens is 2. The average Bonchev–Trinajstić information content (AvgIpc) is 2.48. The van der Waals surface area contributed by atoms with Crippen LogP contribution >= 0.6 is 0 Å². The minimum Gasteiger partial charge on any atom is -0.497 e. The Hall–Kier alpha value is -2.50. The van der Waals surface area contributed by atoms with Gasteiger partial charge < -0.3 is 20.5 Å². The minimum atomic E-state index is 0.0108. The van der Waals surface area contributed by atoms with Gasteiger partial charge in [0.15, 0.2) is 5.82 Å². The summed E-state index contributed by atoms with van der Waals surface area (Å²) in [6.45, 7) is 4.45. The van der Waals surface area contributed by atoms with Crippen molar-refractivity contribution in [3.05, 3.63) is 36.2 Å². The van der Waals surface area contributed by atoms with Crippen LogP contribution in [0, 0.1) is 0 Å². The Morgan fingerprint density at radius 1 is 1.19 bits per heavy atom. The molecule has 1 aromatic carbocycles. The van der Waals surface area contributed by atoms with Gasteiger partial charge in [0.25, 0.3) is 0 Å². The molecule has 2 aromatic rings. The van der Waals surface area contributed by atoms with Gasteiger partial charge in [-0.05, 0) is 31.5 Å². The first-order chi connectivity index (χ1) is 10.1. The Morgan fingerprint density at radius 3 is 2.52 bits per heavy atom. The summed E-state index contributed by atoms with van der Waals surface area (Å²) < 4.78 is 10.7. The summed E-state index contributed by atoms with van der Waals surface area (Å²) in [5.41, 5.74) is 7.52. The highest BCUT2D eigenvalue weighted by Crippen LogP contribution is 2.25. The van der Waals surface area contributed by atoms with Crippen LogP contribution in [0.3, 0.4) is 0 Å². The molecule has 1 heterocycles. The summed E-state index contributed by atoms with van der Waals surface area (Å²) in [5, 5.41) is 3.18.